The Labute approximate surface area is 90.7 Å². The molecule has 84 valence electrons. The third-order valence-corrected chi connectivity index (χ3v) is 2.21. The highest BCUT2D eigenvalue weighted by Gasteiger charge is 2.06. The molecule has 3 N–H and O–H groups in total. The van der Waals surface area contributed by atoms with Gasteiger partial charge in [-0.1, -0.05) is 0 Å². The number of likely N-dealkylation sites (N-methyl/N-ethyl adjacent to an activating group) is 1. The lowest BCUT2D eigenvalue weighted by atomic mass is 10.2. The molecule has 1 rings (SSSR count). The number of hydrogen-bond donors (Lipinski definition) is 2. The van der Waals surface area contributed by atoms with Crippen molar-refractivity contribution in [2.75, 3.05) is 20.1 Å². The number of rotatable bonds is 5. The second-order valence-corrected chi connectivity index (χ2v) is 3.89. The second-order valence-electron chi connectivity index (χ2n) is 3.89. The van der Waals surface area contributed by atoms with Crippen molar-refractivity contribution in [1.29, 1.82) is 0 Å². The van der Waals surface area contributed by atoms with Crippen molar-refractivity contribution in [2.45, 2.75) is 19.6 Å². The first-order valence-electron chi connectivity index (χ1n) is 5.10. The van der Waals surface area contributed by atoms with Gasteiger partial charge in [-0.2, -0.15) is 0 Å². The lowest BCUT2D eigenvalue weighted by Crippen LogP contribution is -2.33. The molecule has 0 spiro atoms. The number of aromatic nitrogens is 1. The van der Waals surface area contributed by atoms with E-state index in [9.17, 15) is 5.11 Å². The van der Waals surface area contributed by atoms with Crippen molar-refractivity contribution in [3.05, 3.63) is 29.6 Å². The smallest absolute Gasteiger partial charge is 0.0789 e. The van der Waals surface area contributed by atoms with Crippen LogP contribution in [0.1, 0.15) is 11.3 Å². The van der Waals surface area contributed by atoms with Gasteiger partial charge in [-0.25, -0.2) is 0 Å². The summed E-state index contributed by atoms with van der Waals surface area (Å²) in [4.78, 5) is 6.18. The third kappa shape index (κ3) is 4.38. The van der Waals surface area contributed by atoms with E-state index in [1.165, 1.54) is 5.56 Å². The average molecular weight is 209 g/mol. The average Bonchev–Trinajstić information content (AvgIpc) is 2.17. The molecule has 15 heavy (non-hydrogen) atoms. The van der Waals surface area contributed by atoms with Crippen LogP contribution in [0, 0.1) is 6.92 Å². The molecular weight excluding hydrogens is 190 g/mol. The summed E-state index contributed by atoms with van der Waals surface area (Å²) in [5.74, 6) is 0. The maximum Gasteiger partial charge on any atom is 0.0789 e. The molecule has 0 aliphatic heterocycles. The molecule has 1 aromatic rings. The van der Waals surface area contributed by atoms with Crippen LogP contribution >= 0.6 is 0 Å². The van der Waals surface area contributed by atoms with Gasteiger partial charge in [-0.15, -0.1) is 0 Å². The van der Waals surface area contributed by atoms with Crippen LogP contribution in [-0.2, 0) is 6.54 Å². The lowest BCUT2D eigenvalue weighted by molar-refractivity contribution is 0.129. The number of hydrogen-bond acceptors (Lipinski definition) is 4. The first-order valence-corrected chi connectivity index (χ1v) is 5.10. The van der Waals surface area contributed by atoms with Gasteiger partial charge < -0.3 is 10.8 Å². The van der Waals surface area contributed by atoms with E-state index in [2.05, 4.69) is 4.98 Å². The monoisotopic (exact) mass is 209 g/mol. The van der Waals surface area contributed by atoms with E-state index >= 15 is 0 Å². The fourth-order valence-electron chi connectivity index (χ4n) is 1.51. The molecule has 0 saturated carbocycles. The van der Waals surface area contributed by atoms with Crippen molar-refractivity contribution in [2.24, 2.45) is 5.73 Å². The van der Waals surface area contributed by atoms with Crippen molar-refractivity contribution < 1.29 is 5.11 Å². The zero-order valence-electron chi connectivity index (χ0n) is 9.35. The van der Waals surface area contributed by atoms with E-state index in [-0.39, 0.29) is 0 Å². The fraction of sp³-hybridized carbons (Fsp3) is 0.545. The van der Waals surface area contributed by atoms with Crippen LogP contribution in [0.3, 0.4) is 0 Å². The van der Waals surface area contributed by atoms with Gasteiger partial charge in [-0.05, 0) is 31.7 Å². The van der Waals surface area contributed by atoms with Crippen LogP contribution in [0.15, 0.2) is 18.3 Å². The minimum Gasteiger partial charge on any atom is -0.390 e. The van der Waals surface area contributed by atoms with Crippen LogP contribution in [0.5, 0.6) is 0 Å². The molecule has 0 amide bonds. The lowest BCUT2D eigenvalue weighted by Gasteiger charge is -2.19. The quantitative estimate of drug-likeness (QED) is 0.724. The zero-order chi connectivity index (χ0) is 11.3. The number of pyridine rings is 1. The number of aliphatic hydroxyl groups is 1. The second kappa shape index (κ2) is 5.80. The van der Waals surface area contributed by atoms with E-state index in [1.54, 1.807) is 6.20 Å². The highest BCUT2D eigenvalue weighted by molar-refractivity contribution is 5.15. The van der Waals surface area contributed by atoms with Crippen LogP contribution in [0.4, 0.5) is 0 Å². The van der Waals surface area contributed by atoms with E-state index in [0.29, 0.717) is 13.1 Å². The Morgan fingerprint density at radius 2 is 2.33 bits per heavy atom. The van der Waals surface area contributed by atoms with Gasteiger partial charge >= 0.3 is 0 Å². The summed E-state index contributed by atoms with van der Waals surface area (Å²) in [5.41, 5.74) is 7.57. The maximum absolute atomic E-state index is 9.38. The molecule has 1 atom stereocenters. The molecule has 4 nitrogen and oxygen atoms in total. The summed E-state index contributed by atoms with van der Waals surface area (Å²) < 4.78 is 0. The Hall–Kier alpha value is -0.970. The molecule has 0 aromatic carbocycles. The van der Waals surface area contributed by atoms with Gasteiger partial charge in [0, 0.05) is 31.5 Å². The third-order valence-electron chi connectivity index (χ3n) is 2.21. The van der Waals surface area contributed by atoms with Gasteiger partial charge in [0.05, 0.1) is 6.10 Å². The molecule has 1 aromatic heterocycles. The van der Waals surface area contributed by atoms with E-state index in [1.807, 2.05) is 31.0 Å². The van der Waals surface area contributed by atoms with Gasteiger partial charge in [-0.3, -0.25) is 9.88 Å². The predicted molar refractivity (Wildman–Crippen MR) is 60.4 cm³/mol. The summed E-state index contributed by atoms with van der Waals surface area (Å²) in [6.45, 7) is 3.68. The van der Waals surface area contributed by atoms with Crippen molar-refractivity contribution in [3.8, 4) is 0 Å². The summed E-state index contributed by atoms with van der Waals surface area (Å²) in [5, 5.41) is 9.38. The van der Waals surface area contributed by atoms with Crippen LogP contribution in [0.2, 0.25) is 0 Å². The Kier molecular flexibility index (Phi) is 4.68. The molecule has 0 aliphatic rings. The first kappa shape index (κ1) is 12.1. The predicted octanol–water partition coefficient (Wildman–Crippen LogP) is 0.141. The standard InChI is InChI=1S/C11H19N3O/c1-9-5-10(3-4-13-9)7-14(2)8-11(15)6-12/h3-5,11,15H,6-8,12H2,1-2H3. The first-order chi connectivity index (χ1) is 7.11. The minimum atomic E-state index is -0.446. The van der Waals surface area contributed by atoms with Crippen LogP contribution in [0.25, 0.3) is 0 Å². The number of nitrogens with zero attached hydrogens (tertiary/aromatic N) is 2. The van der Waals surface area contributed by atoms with Gasteiger partial charge in [0.2, 0.25) is 0 Å². The van der Waals surface area contributed by atoms with E-state index < -0.39 is 6.10 Å². The topological polar surface area (TPSA) is 62.4 Å². The zero-order valence-corrected chi connectivity index (χ0v) is 9.35. The fourth-order valence-corrected chi connectivity index (χ4v) is 1.51. The Morgan fingerprint density at radius 3 is 2.93 bits per heavy atom. The SMILES string of the molecule is Cc1cc(CN(C)CC(O)CN)ccn1. The van der Waals surface area contributed by atoms with Crippen molar-refractivity contribution in [1.82, 2.24) is 9.88 Å². The molecule has 0 radical (unpaired) electrons. The number of aryl methyl sites for hydroxylation is 1. The Balaban J connectivity index is 2.47. The summed E-state index contributed by atoms with van der Waals surface area (Å²) in [6, 6.07) is 4.03. The summed E-state index contributed by atoms with van der Waals surface area (Å²) in [6.07, 6.45) is 1.36. The molecule has 0 saturated heterocycles. The summed E-state index contributed by atoms with van der Waals surface area (Å²) in [7, 11) is 1.97. The van der Waals surface area contributed by atoms with Gasteiger partial charge in [0.15, 0.2) is 0 Å². The Morgan fingerprint density at radius 1 is 1.60 bits per heavy atom. The Bertz CT molecular complexity index is 304. The highest BCUT2D eigenvalue weighted by atomic mass is 16.3. The van der Waals surface area contributed by atoms with Gasteiger partial charge in [0.1, 0.15) is 0 Å². The highest BCUT2D eigenvalue weighted by Crippen LogP contribution is 2.04. The van der Waals surface area contributed by atoms with Crippen LogP contribution in [-0.4, -0.2) is 41.2 Å². The molecule has 0 bridgehead atoms. The number of aliphatic hydroxyl groups excluding tert-OH is 1. The molecular formula is C11H19N3O. The molecule has 4 heteroatoms. The molecule has 0 fully saturated rings. The van der Waals surface area contributed by atoms with Crippen LogP contribution < -0.4 is 5.73 Å². The maximum atomic E-state index is 9.38. The van der Waals surface area contributed by atoms with E-state index in [4.69, 9.17) is 5.73 Å². The normalized spacial score (nSPS) is 13.1. The molecule has 1 heterocycles. The van der Waals surface area contributed by atoms with Crippen molar-refractivity contribution in [3.63, 3.8) is 0 Å². The molecule has 0 aliphatic carbocycles. The van der Waals surface area contributed by atoms with Crippen molar-refractivity contribution >= 4 is 0 Å². The number of nitrogens with two attached hydrogens (primary N) is 1. The minimum absolute atomic E-state index is 0.305. The van der Waals surface area contributed by atoms with Gasteiger partial charge in [0.25, 0.3) is 0 Å². The largest absolute Gasteiger partial charge is 0.390 e. The van der Waals surface area contributed by atoms with E-state index in [0.717, 1.165) is 12.2 Å². The summed E-state index contributed by atoms with van der Waals surface area (Å²) >= 11 is 0. The molecule has 1 unspecified atom stereocenters.